The molecule has 13 N–H and O–H groups in total. The van der Waals surface area contributed by atoms with Crippen LogP contribution in [0.5, 0.6) is 0 Å². The van der Waals surface area contributed by atoms with Crippen LogP contribution in [0.25, 0.3) is 0 Å². The maximum absolute atomic E-state index is 12.6. The number of carbonyl (C=O) groups excluding carboxylic acids is 1. The van der Waals surface area contributed by atoms with E-state index in [-0.39, 0.29) is 38.0 Å². The van der Waals surface area contributed by atoms with Crippen molar-refractivity contribution < 1.29 is 84.7 Å². The molecule has 3 heterocycles. The van der Waals surface area contributed by atoms with Gasteiger partial charge in [0, 0.05) is 31.1 Å². The highest BCUT2D eigenvalue weighted by atomic mass is 16.7. The maximum atomic E-state index is 12.6. The monoisotopic (exact) mass is 926 g/mol. The summed E-state index contributed by atoms with van der Waals surface area (Å²) in [6, 6.07) is -1.14. The molecule has 18 heteroatoms. The number of carboxylic acids is 1. The van der Waals surface area contributed by atoms with Gasteiger partial charge in [0.25, 0.3) is 0 Å². The summed E-state index contributed by atoms with van der Waals surface area (Å²) in [5, 5.41) is 118. The number of ether oxygens (including phenoxy) is 4. The van der Waals surface area contributed by atoms with E-state index in [4.69, 9.17) is 24.7 Å². The van der Waals surface area contributed by atoms with Crippen molar-refractivity contribution in [1.29, 1.82) is 0 Å². The number of nitrogens with two attached hydrogens (primary N) is 1. The zero-order chi connectivity index (χ0) is 48.4. The fraction of sp³-hybridized carbons (Fsp3) is 0.702. The number of aliphatic hydroxyl groups excluding tert-OH is 9. The smallest absolute Gasteiger partial charge is 0.311 e. The first kappa shape index (κ1) is 56.1. The summed E-state index contributed by atoms with van der Waals surface area (Å²) in [6.07, 6.45) is 2.28. The number of hydrogen-bond donors (Lipinski definition) is 12. The minimum atomic E-state index is -2.35. The molecule has 0 unspecified atom stereocenters. The third kappa shape index (κ3) is 18.8. The molecule has 0 saturated carbocycles. The fourth-order valence-corrected chi connectivity index (χ4v) is 8.11. The molecule has 0 aliphatic carbocycles. The summed E-state index contributed by atoms with van der Waals surface area (Å²) < 4.78 is 23.2. The van der Waals surface area contributed by atoms with E-state index < -0.39 is 141 Å². The molecule has 18 nitrogen and oxygen atoms in total. The zero-order valence-electron chi connectivity index (χ0n) is 37.8. The van der Waals surface area contributed by atoms with Crippen LogP contribution in [0.1, 0.15) is 91.9 Å². The molecule has 3 aliphatic heterocycles. The summed E-state index contributed by atoms with van der Waals surface area (Å²) in [6.45, 7) is 6.78. The molecule has 2 fully saturated rings. The predicted octanol–water partition coefficient (Wildman–Crippen LogP) is 0.936. The van der Waals surface area contributed by atoms with Crippen molar-refractivity contribution in [1.82, 2.24) is 0 Å². The number of aliphatic carboxylic acids is 1. The van der Waals surface area contributed by atoms with Gasteiger partial charge in [0.15, 0.2) is 12.1 Å². The van der Waals surface area contributed by atoms with E-state index in [1.54, 1.807) is 38.2 Å². The van der Waals surface area contributed by atoms with Crippen molar-refractivity contribution in [3.63, 3.8) is 0 Å². The Balaban J connectivity index is 1.84. The number of rotatable bonds is 3. The van der Waals surface area contributed by atoms with Gasteiger partial charge >= 0.3 is 11.9 Å². The molecule has 2 bridgehead atoms. The van der Waals surface area contributed by atoms with Crippen LogP contribution in [-0.4, -0.2) is 166 Å². The second-order valence-electron chi connectivity index (χ2n) is 17.8. The number of fused-ring (bicyclic) bond motifs is 2. The fourth-order valence-electron chi connectivity index (χ4n) is 8.11. The molecule has 370 valence electrons. The summed E-state index contributed by atoms with van der Waals surface area (Å²) >= 11 is 0. The number of cyclic esters (lactones) is 1. The highest BCUT2D eigenvalue weighted by molar-refractivity contribution is 5.71. The molecule has 3 aliphatic rings. The largest absolute Gasteiger partial charge is 0.481 e. The quantitative estimate of drug-likeness (QED) is 0.175. The second-order valence-corrected chi connectivity index (χ2v) is 17.8. The van der Waals surface area contributed by atoms with Gasteiger partial charge in [-0.25, -0.2) is 0 Å². The molecule has 0 spiro atoms. The maximum Gasteiger partial charge on any atom is 0.311 e. The molecule has 19 atom stereocenters. The van der Waals surface area contributed by atoms with Gasteiger partial charge in [-0.15, -0.1) is 0 Å². The molecule has 3 rings (SSSR count). The SMILES string of the molecule is C[C@@H]1[C@H](O)[C@H](C)/C=C/C=C/CC/C=C/C=C/C=C/C=C\[C@H](O[C@@H]2O[C@H](C)[C@@H](O)[C@H](N)[C@@H]2O)C[C@H]2O[C@](O)(C[C@@H](O)[C@@H]2C(=O)O)C[C@H](O)[C@H](O)CC[C@H](O)C[C@H](O)C[C@H](O)CC(=O)O[C@@H]1C. The van der Waals surface area contributed by atoms with E-state index in [1.807, 2.05) is 49.5 Å². The van der Waals surface area contributed by atoms with Gasteiger partial charge in [-0.3, -0.25) is 9.59 Å². The molecule has 65 heavy (non-hydrogen) atoms. The number of carbonyl (C=O) groups is 2. The van der Waals surface area contributed by atoms with Gasteiger partial charge in [0.05, 0.1) is 79.6 Å². The van der Waals surface area contributed by atoms with E-state index in [2.05, 4.69) is 0 Å². The highest BCUT2D eigenvalue weighted by Gasteiger charge is 2.51. The van der Waals surface area contributed by atoms with Crippen molar-refractivity contribution in [3.8, 4) is 0 Å². The van der Waals surface area contributed by atoms with Crippen LogP contribution in [0.4, 0.5) is 0 Å². The summed E-state index contributed by atoms with van der Waals surface area (Å²) in [7, 11) is 0. The lowest BCUT2D eigenvalue weighted by Gasteiger charge is -2.45. The van der Waals surface area contributed by atoms with Crippen LogP contribution < -0.4 is 5.73 Å². The Morgan fingerprint density at radius 2 is 1.28 bits per heavy atom. The lowest BCUT2D eigenvalue weighted by atomic mass is 9.82. The average Bonchev–Trinajstić information content (AvgIpc) is 3.21. The highest BCUT2D eigenvalue weighted by Crippen LogP contribution is 2.38. The third-order valence-electron chi connectivity index (χ3n) is 12.2. The number of hydrogen-bond acceptors (Lipinski definition) is 17. The van der Waals surface area contributed by atoms with E-state index >= 15 is 0 Å². The first-order valence-corrected chi connectivity index (χ1v) is 22.6. The molecule has 2 saturated heterocycles. The average molecular weight is 926 g/mol. The zero-order valence-corrected chi connectivity index (χ0v) is 37.8. The molecule has 0 aromatic carbocycles. The Hall–Kier alpha value is -3.18. The van der Waals surface area contributed by atoms with Crippen LogP contribution in [0.15, 0.2) is 72.9 Å². The van der Waals surface area contributed by atoms with Gasteiger partial charge in [-0.2, -0.15) is 0 Å². The van der Waals surface area contributed by atoms with Crippen LogP contribution in [0, 0.1) is 17.8 Å². The van der Waals surface area contributed by atoms with Crippen molar-refractivity contribution in [2.45, 2.75) is 189 Å². The Bertz CT molecular complexity index is 1620. The molecule has 0 aromatic rings. The van der Waals surface area contributed by atoms with Gasteiger partial charge < -0.3 is 80.9 Å². The summed E-state index contributed by atoms with van der Waals surface area (Å²) in [5.41, 5.74) is 6.02. The van der Waals surface area contributed by atoms with Gasteiger partial charge in [-0.05, 0) is 52.4 Å². The van der Waals surface area contributed by atoms with E-state index in [9.17, 15) is 65.8 Å². The van der Waals surface area contributed by atoms with Gasteiger partial charge in [-0.1, -0.05) is 86.8 Å². The third-order valence-corrected chi connectivity index (χ3v) is 12.2. The van der Waals surface area contributed by atoms with Crippen LogP contribution in [0.3, 0.4) is 0 Å². The summed E-state index contributed by atoms with van der Waals surface area (Å²) in [4.78, 5) is 25.1. The molecule has 0 radical (unpaired) electrons. The first-order chi connectivity index (χ1) is 30.6. The Labute approximate surface area is 381 Å². The van der Waals surface area contributed by atoms with Crippen LogP contribution >= 0.6 is 0 Å². The van der Waals surface area contributed by atoms with E-state index in [1.165, 1.54) is 13.0 Å². The number of carboxylic acid groups (broad SMARTS) is 1. The van der Waals surface area contributed by atoms with Crippen LogP contribution in [-0.2, 0) is 28.5 Å². The lowest BCUT2D eigenvalue weighted by Crippen LogP contribution is -2.61. The number of allylic oxidation sites excluding steroid dienone is 10. The topological polar surface area (TPSA) is 320 Å². The number of aliphatic hydroxyl groups is 10. The minimum absolute atomic E-state index is 0.138. The molecular weight excluding hydrogens is 851 g/mol. The normalized spacial score (nSPS) is 45.2. The Morgan fingerprint density at radius 1 is 0.692 bits per heavy atom. The van der Waals surface area contributed by atoms with E-state index in [0.29, 0.717) is 0 Å². The summed E-state index contributed by atoms with van der Waals surface area (Å²) in [5.74, 6) is -6.82. The molecule has 0 aromatic heterocycles. The predicted molar refractivity (Wildman–Crippen MR) is 237 cm³/mol. The first-order valence-electron chi connectivity index (χ1n) is 22.6. The lowest BCUT2D eigenvalue weighted by molar-refractivity contribution is -0.310. The van der Waals surface area contributed by atoms with Gasteiger partial charge in [0.1, 0.15) is 18.1 Å². The molecule has 0 amide bonds. The van der Waals surface area contributed by atoms with Crippen molar-refractivity contribution in [3.05, 3.63) is 72.9 Å². The Kier molecular flexibility index (Phi) is 23.8. The second kappa shape index (κ2) is 27.6. The Morgan fingerprint density at radius 3 is 1.94 bits per heavy atom. The van der Waals surface area contributed by atoms with Crippen molar-refractivity contribution in [2.75, 3.05) is 0 Å². The van der Waals surface area contributed by atoms with Gasteiger partial charge in [0.2, 0.25) is 0 Å². The van der Waals surface area contributed by atoms with Crippen molar-refractivity contribution >= 4 is 11.9 Å². The van der Waals surface area contributed by atoms with Crippen molar-refractivity contribution in [2.24, 2.45) is 23.5 Å². The number of esters is 1. The minimum Gasteiger partial charge on any atom is -0.481 e. The molecular formula is C47H75NO17. The van der Waals surface area contributed by atoms with E-state index in [0.717, 1.165) is 12.8 Å². The van der Waals surface area contributed by atoms with Crippen LogP contribution in [0.2, 0.25) is 0 Å². The standard InChI is InChI=1S/C47H75NO17/c1-27-17-15-13-11-9-7-5-6-8-10-12-14-16-18-34(64-46-44(58)41(48)43(57)30(4)63-46)24-38-40(45(59)60)37(54)26-47(61,65-38)25-36(53)35(52)20-19-31(49)21-32(50)22-33(51)23-39(55)62-29(3)28(2)42(27)56/h5-6,8,10-18,27-38,40-44,46,49-54,56-58,61H,7,9,19-26,48H2,1-4H3,(H,59,60)/b6-5+,10-8+,13-11+,14-12+,17-15+,18-16-/t27-,28+,29-,30-,31+,32+,33+,34+,35-,36+,37-,38-,40+,41+,42-,43-,44+,46+,47+/m1/s1.